The minimum atomic E-state index is -0.713. The van der Waals surface area contributed by atoms with Crippen molar-refractivity contribution in [2.24, 2.45) is 11.8 Å². The molecule has 2 amide bonds. The van der Waals surface area contributed by atoms with Gasteiger partial charge in [-0.15, -0.1) is 0 Å². The molecule has 2 fully saturated rings. The molecule has 11 heteroatoms. The van der Waals surface area contributed by atoms with E-state index in [-0.39, 0.29) is 37.2 Å². The SMILES string of the molecule is Cc1nc(NNC(=O)[C@@H](CC2CCCC2)CN(O)C=O)c(F)c(N2CCC[C@H]2CO)n1. The van der Waals surface area contributed by atoms with Crippen molar-refractivity contribution in [3.05, 3.63) is 11.6 Å². The van der Waals surface area contributed by atoms with Gasteiger partial charge in [0.15, 0.2) is 11.6 Å². The number of hydrogen-bond donors (Lipinski definition) is 4. The molecule has 1 saturated carbocycles. The van der Waals surface area contributed by atoms with Gasteiger partial charge in [0.1, 0.15) is 5.82 Å². The fraction of sp³-hybridized carbons (Fsp3) is 0.700. The van der Waals surface area contributed by atoms with Crippen molar-refractivity contribution < 1.29 is 24.3 Å². The average Bonchev–Trinajstić information content (AvgIpc) is 3.44. The topological polar surface area (TPSA) is 131 Å². The highest BCUT2D eigenvalue weighted by Gasteiger charge is 2.30. The number of amides is 2. The van der Waals surface area contributed by atoms with Gasteiger partial charge in [-0.05, 0) is 32.1 Å². The molecule has 2 atom stereocenters. The number of aliphatic hydroxyl groups excluding tert-OH is 1. The Hall–Kier alpha value is -2.53. The molecule has 2 heterocycles. The second-order valence-electron chi connectivity index (χ2n) is 8.35. The molecule has 4 N–H and O–H groups in total. The van der Waals surface area contributed by atoms with Crippen molar-refractivity contribution in [1.82, 2.24) is 20.5 Å². The Morgan fingerprint density at radius 2 is 2.06 bits per heavy atom. The Morgan fingerprint density at radius 1 is 1.32 bits per heavy atom. The van der Waals surface area contributed by atoms with Crippen LogP contribution in [0.2, 0.25) is 0 Å². The minimum absolute atomic E-state index is 0.0887. The summed E-state index contributed by atoms with van der Waals surface area (Å²) in [6, 6.07) is -0.207. The number of hydroxylamine groups is 2. The van der Waals surface area contributed by atoms with Gasteiger partial charge in [0.2, 0.25) is 18.1 Å². The van der Waals surface area contributed by atoms with E-state index in [0.29, 0.717) is 29.8 Å². The van der Waals surface area contributed by atoms with Crippen LogP contribution in [0.25, 0.3) is 0 Å². The lowest BCUT2D eigenvalue weighted by molar-refractivity contribution is -0.154. The highest BCUT2D eigenvalue weighted by Crippen LogP contribution is 2.31. The molecule has 31 heavy (non-hydrogen) atoms. The minimum Gasteiger partial charge on any atom is -0.394 e. The van der Waals surface area contributed by atoms with Crippen molar-refractivity contribution in [3.63, 3.8) is 0 Å². The van der Waals surface area contributed by atoms with Gasteiger partial charge in [-0.25, -0.2) is 15.0 Å². The zero-order chi connectivity index (χ0) is 22.4. The first kappa shape index (κ1) is 23.1. The van der Waals surface area contributed by atoms with Crippen molar-refractivity contribution in [2.45, 2.75) is 57.9 Å². The summed E-state index contributed by atoms with van der Waals surface area (Å²) in [5.74, 6) is -1.22. The van der Waals surface area contributed by atoms with Gasteiger partial charge >= 0.3 is 0 Å². The summed E-state index contributed by atoms with van der Waals surface area (Å²) >= 11 is 0. The molecule has 0 unspecified atom stereocenters. The molecule has 0 radical (unpaired) electrons. The summed E-state index contributed by atoms with van der Waals surface area (Å²) in [5.41, 5.74) is 5.02. The number of carbonyl (C=O) groups is 2. The van der Waals surface area contributed by atoms with Crippen LogP contribution in [0.4, 0.5) is 16.0 Å². The van der Waals surface area contributed by atoms with E-state index < -0.39 is 17.6 Å². The second-order valence-corrected chi connectivity index (χ2v) is 8.35. The number of aliphatic hydroxyl groups is 1. The molecular formula is C20H31FN6O4. The predicted octanol–water partition coefficient (Wildman–Crippen LogP) is 1.37. The Balaban J connectivity index is 1.70. The van der Waals surface area contributed by atoms with E-state index >= 15 is 4.39 Å². The Kier molecular flexibility index (Phi) is 7.97. The van der Waals surface area contributed by atoms with Crippen LogP contribution in [0.3, 0.4) is 0 Å². The Labute approximate surface area is 180 Å². The van der Waals surface area contributed by atoms with Gasteiger partial charge in [-0.3, -0.25) is 25.6 Å². The molecule has 0 spiro atoms. The number of nitrogens with zero attached hydrogens (tertiary/aromatic N) is 4. The molecule has 0 aromatic carbocycles. The summed E-state index contributed by atoms with van der Waals surface area (Å²) in [6.07, 6.45) is 6.58. The molecule has 3 rings (SSSR count). The predicted molar refractivity (Wildman–Crippen MR) is 111 cm³/mol. The number of hydrazine groups is 1. The van der Waals surface area contributed by atoms with E-state index in [2.05, 4.69) is 20.8 Å². The lowest BCUT2D eigenvalue weighted by atomic mass is 9.92. The van der Waals surface area contributed by atoms with Gasteiger partial charge in [0.25, 0.3) is 0 Å². The summed E-state index contributed by atoms with van der Waals surface area (Å²) in [4.78, 5) is 33.5. The van der Waals surface area contributed by atoms with Crippen LogP contribution in [0.15, 0.2) is 0 Å². The van der Waals surface area contributed by atoms with Crippen molar-refractivity contribution in [3.8, 4) is 0 Å². The zero-order valence-electron chi connectivity index (χ0n) is 17.8. The molecule has 172 valence electrons. The maximum Gasteiger partial charge on any atom is 0.243 e. The lowest BCUT2D eigenvalue weighted by Gasteiger charge is -2.26. The van der Waals surface area contributed by atoms with Crippen molar-refractivity contribution >= 4 is 24.0 Å². The molecule has 1 saturated heterocycles. The molecule has 10 nitrogen and oxygen atoms in total. The number of aromatic nitrogens is 2. The monoisotopic (exact) mass is 438 g/mol. The molecule has 1 aromatic heterocycles. The van der Waals surface area contributed by atoms with Crippen LogP contribution in [-0.4, -0.2) is 63.4 Å². The Bertz CT molecular complexity index is 776. The van der Waals surface area contributed by atoms with E-state index in [1.54, 1.807) is 11.8 Å². The van der Waals surface area contributed by atoms with Crippen molar-refractivity contribution in [1.29, 1.82) is 0 Å². The maximum atomic E-state index is 15.1. The lowest BCUT2D eigenvalue weighted by Crippen LogP contribution is -2.41. The third kappa shape index (κ3) is 5.79. The van der Waals surface area contributed by atoms with Gasteiger partial charge in [-0.2, -0.15) is 4.39 Å². The molecule has 2 aliphatic rings. The van der Waals surface area contributed by atoms with Crippen LogP contribution in [0.1, 0.15) is 50.8 Å². The normalized spacial score (nSPS) is 20.0. The number of anilines is 2. The summed E-state index contributed by atoms with van der Waals surface area (Å²) in [5, 5.41) is 19.6. The standard InChI is InChI=1S/C20H31FN6O4/c1-13-22-18(17(21)19(23-13)27-8-4-7-16(27)11-28)24-25-20(30)15(10-26(31)12-29)9-14-5-2-3-6-14/h12,14-16,28,31H,2-11H2,1H3,(H,25,30)(H,22,23,24)/t15-,16-/m0/s1. The largest absolute Gasteiger partial charge is 0.394 e. The van der Waals surface area contributed by atoms with E-state index in [9.17, 15) is 19.9 Å². The highest BCUT2D eigenvalue weighted by atomic mass is 19.1. The van der Waals surface area contributed by atoms with E-state index in [4.69, 9.17) is 0 Å². The van der Waals surface area contributed by atoms with Crippen LogP contribution >= 0.6 is 0 Å². The molecule has 1 aliphatic carbocycles. The smallest absolute Gasteiger partial charge is 0.243 e. The first-order chi connectivity index (χ1) is 14.9. The van der Waals surface area contributed by atoms with Crippen molar-refractivity contribution in [2.75, 3.05) is 30.0 Å². The quantitative estimate of drug-likeness (QED) is 0.245. The molecule has 1 aromatic rings. The fourth-order valence-electron chi connectivity index (χ4n) is 4.53. The van der Waals surface area contributed by atoms with Crippen LogP contribution in [0, 0.1) is 24.6 Å². The molecule has 1 aliphatic heterocycles. The number of aryl methyl sites for hydroxylation is 1. The van der Waals surface area contributed by atoms with E-state index in [1.807, 2.05) is 0 Å². The number of hydrogen-bond acceptors (Lipinski definition) is 8. The third-order valence-corrected chi connectivity index (χ3v) is 6.10. The Morgan fingerprint density at radius 3 is 2.74 bits per heavy atom. The second kappa shape index (κ2) is 10.7. The first-order valence-electron chi connectivity index (χ1n) is 10.8. The first-order valence-corrected chi connectivity index (χ1v) is 10.8. The third-order valence-electron chi connectivity index (χ3n) is 6.10. The van der Waals surface area contributed by atoms with Crippen LogP contribution in [-0.2, 0) is 9.59 Å². The van der Waals surface area contributed by atoms with Crippen LogP contribution < -0.4 is 15.8 Å². The van der Waals surface area contributed by atoms with E-state index in [0.717, 1.165) is 38.5 Å². The van der Waals surface area contributed by atoms with Gasteiger partial charge < -0.3 is 10.0 Å². The summed E-state index contributed by atoms with van der Waals surface area (Å²) in [7, 11) is 0. The van der Waals surface area contributed by atoms with Gasteiger partial charge in [0.05, 0.1) is 25.1 Å². The van der Waals surface area contributed by atoms with Gasteiger partial charge in [-0.1, -0.05) is 25.7 Å². The zero-order valence-corrected chi connectivity index (χ0v) is 17.8. The maximum absolute atomic E-state index is 15.1. The number of nitrogens with one attached hydrogen (secondary N) is 2. The number of halogens is 1. The molecule has 0 bridgehead atoms. The number of rotatable bonds is 10. The number of carbonyl (C=O) groups excluding carboxylic acids is 2. The highest BCUT2D eigenvalue weighted by molar-refractivity contribution is 5.80. The van der Waals surface area contributed by atoms with Crippen LogP contribution in [0.5, 0.6) is 0 Å². The van der Waals surface area contributed by atoms with E-state index in [1.165, 1.54) is 0 Å². The summed E-state index contributed by atoms with van der Waals surface area (Å²) in [6.45, 7) is 1.96. The fourth-order valence-corrected chi connectivity index (χ4v) is 4.53. The average molecular weight is 439 g/mol. The molecular weight excluding hydrogens is 407 g/mol. The van der Waals surface area contributed by atoms with Gasteiger partial charge in [0, 0.05) is 6.54 Å². The summed E-state index contributed by atoms with van der Waals surface area (Å²) < 4.78 is 15.1.